The van der Waals surface area contributed by atoms with Crippen molar-refractivity contribution in [3.63, 3.8) is 0 Å². The maximum atomic E-state index is 13.0. The summed E-state index contributed by atoms with van der Waals surface area (Å²) in [7, 11) is -3.99. The molecule has 2 rings (SSSR count). The summed E-state index contributed by atoms with van der Waals surface area (Å²) in [4.78, 5) is 12.5. The number of hydrogen-bond acceptors (Lipinski definition) is 3. The maximum absolute atomic E-state index is 13.0. The highest BCUT2D eigenvalue weighted by molar-refractivity contribution is 7.89. The first kappa shape index (κ1) is 21.9. The standard InChI is InChI=1S/C19H21F3N2O3S/c1-3-5-17(13-6-4-7-14(10-13)19(20,21)22)24-18(25)16-11-15(28(23,26)27)9-8-12(16)2/h4,6-11,17H,3,5H2,1-2H3,(H,24,25)(H2,23,26,27). The van der Waals surface area contributed by atoms with Gasteiger partial charge in [-0.15, -0.1) is 0 Å². The summed E-state index contributed by atoms with van der Waals surface area (Å²) in [5, 5.41) is 7.81. The highest BCUT2D eigenvalue weighted by Gasteiger charge is 2.31. The summed E-state index contributed by atoms with van der Waals surface area (Å²) in [5.74, 6) is -0.584. The SMILES string of the molecule is CCCC(NC(=O)c1cc(S(N)(=O)=O)ccc1C)c1cccc(C(F)(F)F)c1. The van der Waals surface area contributed by atoms with Crippen LogP contribution < -0.4 is 10.5 Å². The normalized spacial score (nSPS) is 13.2. The van der Waals surface area contributed by atoms with Crippen LogP contribution in [0, 0.1) is 6.92 Å². The van der Waals surface area contributed by atoms with Crippen LogP contribution in [0.2, 0.25) is 0 Å². The third kappa shape index (κ3) is 5.32. The van der Waals surface area contributed by atoms with Gasteiger partial charge in [0.2, 0.25) is 10.0 Å². The number of amides is 1. The van der Waals surface area contributed by atoms with Crippen molar-refractivity contribution in [3.8, 4) is 0 Å². The van der Waals surface area contributed by atoms with Gasteiger partial charge in [0.15, 0.2) is 0 Å². The Hall–Kier alpha value is -2.39. The molecule has 0 heterocycles. The lowest BCUT2D eigenvalue weighted by molar-refractivity contribution is -0.137. The first-order chi connectivity index (χ1) is 12.9. The molecule has 0 fully saturated rings. The van der Waals surface area contributed by atoms with Crippen LogP contribution in [0.4, 0.5) is 13.2 Å². The van der Waals surface area contributed by atoms with Gasteiger partial charge in [0.25, 0.3) is 5.91 Å². The number of alkyl halides is 3. The number of nitrogens with one attached hydrogen (secondary N) is 1. The van der Waals surface area contributed by atoms with Crippen molar-refractivity contribution in [1.82, 2.24) is 5.32 Å². The molecular weight excluding hydrogens is 393 g/mol. The lowest BCUT2D eigenvalue weighted by Gasteiger charge is -2.20. The molecule has 2 aromatic carbocycles. The zero-order chi connectivity index (χ0) is 21.1. The van der Waals surface area contributed by atoms with Gasteiger partial charge in [-0.1, -0.05) is 31.5 Å². The fourth-order valence-corrected chi connectivity index (χ4v) is 3.34. The van der Waals surface area contributed by atoms with Crippen molar-refractivity contribution < 1.29 is 26.4 Å². The van der Waals surface area contributed by atoms with Crippen LogP contribution in [0.3, 0.4) is 0 Å². The molecule has 0 aliphatic carbocycles. The van der Waals surface area contributed by atoms with Crippen LogP contribution in [0.15, 0.2) is 47.4 Å². The molecule has 0 saturated heterocycles. The van der Waals surface area contributed by atoms with Crippen LogP contribution in [0.1, 0.15) is 52.9 Å². The first-order valence-corrected chi connectivity index (χ1v) is 10.1. The predicted molar refractivity (Wildman–Crippen MR) is 99.1 cm³/mol. The molecule has 0 radical (unpaired) electrons. The monoisotopic (exact) mass is 414 g/mol. The lowest BCUT2D eigenvalue weighted by atomic mass is 9.99. The molecule has 152 valence electrons. The summed E-state index contributed by atoms with van der Waals surface area (Å²) in [6, 6.07) is 8.03. The van der Waals surface area contributed by atoms with Crippen molar-refractivity contribution in [3.05, 3.63) is 64.7 Å². The second-order valence-electron chi connectivity index (χ2n) is 6.46. The number of primary sulfonamides is 1. The highest BCUT2D eigenvalue weighted by atomic mass is 32.2. The Labute approximate surface area is 161 Å². The number of sulfonamides is 1. The van der Waals surface area contributed by atoms with Crippen molar-refractivity contribution in [2.75, 3.05) is 0 Å². The quantitative estimate of drug-likeness (QED) is 0.751. The largest absolute Gasteiger partial charge is 0.416 e. The van der Waals surface area contributed by atoms with E-state index in [2.05, 4.69) is 5.32 Å². The molecule has 3 N–H and O–H groups in total. The van der Waals surface area contributed by atoms with E-state index in [0.29, 0.717) is 24.0 Å². The van der Waals surface area contributed by atoms with Gasteiger partial charge in [-0.3, -0.25) is 4.79 Å². The number of carbonyl (C=O) groups excluding carboxylic acids is 1. The minimum absolute atomic E-state index is 0.0969. The third-order valence-corrected chi connectivity index (χ3v) is 5.19. The van der Waals surface area contributed by atoms with Crippen LogP contribution in [-0.4, -0.2) is 14.3 Å². The van der Waals surface area contributed by atoms with Crippen molar-refractivity contribution >= 4 is 15.9 Å². The van der Waals surface area contributed by atoms with Gasteiger partial charge in [-0.25, -0.2) is 13.6 Å². The van der Waals surface area contributed by atoms with E-state index < -0.39 is 33.7 Å². The average Bonchev–Trinajstić information content (AvgIpc) is 2.60. The van der Waals surface area contributed by atoms with E-state index >= 15 is 0 Å². The van der Waals surface area contributed by atoms with E-state index in [9.17, 15) is 26.4 Å². The van der Waals surface area contributed by atoms with Gasteiger partial charge in [0.05, 0.1) is 16.5 Å². The van der Waals surface area contributed by atoms with Gasteiger partial charge in [-0.05, 0) is 48.7 Å². The third-order valence-electron chi connectivity index (χ3n) is 4.28. The van der Waals surface area contributed by atoms with E-state index in [4.69, 9.17) is 5.14 Å². The number of carbonyl (C=O) groups is 1. The molecule has 0 aliphatic heterocycles. The predicted octanol–water partition coefficient (Wildman–Crippen LogP) is 3.93. The summed E-state index contributed by atoms with van der Waals surface area (Å²) in [6.45, 7) is 3.47. The number of nitrogens with two attached hydrogens (primary N) is 1. The molecule has 1 atom stereocenters. The van der Waals surface area contributed by atoms with Crippen molar-refractivity contribution in [2.24, 2.45) is 5.14 Å². The Morgan fingerprint density at radius 3 is 2.43 bits per heavy atom. The Kier molecular flexibility index (Phi) is 6.51. The average molecular weight is 414 g/mol. The molecule has 1 amide bonds. The second kappa shape index (κ2) is 8.32. The van der Waals surface area contributed by atoms with Gasteiger partial charge in [-0.2, -0.15) is 13.2 Å². The van der Waals surface area contributed by atoms with Crippen LogP contribution in [0.25, 0.3) is 0 Å². The van der Waals surface area contributed by atoms with E-state index in [0.717, 1.165) is 18.2 Å². The molecule has 1 unspecified atom stereocenters. The van der Waals surface area contributed by atoms with Crippen molar-refractivity contribution in [2.45, 2.75) is 43.8 Å². The van der Waals surface area contributed by atoms with E-state index in [1.807, 2.05) is 6.92 Å². The molecular formula is C19H21F3N2O3S. The summed E-state index contributed by atoms with van der Waals surface area (Å²) < 4.78 is 62.1. The molecule has 0 saturated carbocycles. The molecule has 9 heteroatoms. The summed E-state index contributed by atoms with van der Waals surface area (Å²) in [6.07, 6.45) is -3.45. The number of rotatable bonds is 6. The fraction of sp³-hybridized carbons (Fsp3) is 0.316. The van der Waals surface area contributed by atoms with Gasteiger partial charge in [0, 0.05) is 5.56 Å². The minimum atomic E-state index is -4.49. The lowest BCUT2D eigenvalue weighted by Crippen LogP contribution is -2.29. The molecule has 2 aromatic rings. The number of aryl methyl sites for hydroxylation is 1. The van der Waals surface area contributed by atoms with Crippen molar-refractivity contribution in [1.29, 1.82) is 0 Å². The molecule has 0 bridgehead atoms. The maximum Gasteiger partial charge on any atom is 0.416 e. The number of benzene rings is 2. The minimum Gasteiger partial charge on any atom is -0.345 e. The summed E-state index contributed by atoms with van der Waals surface area (Å²) in [5.41, 5.74) is 0.141. The highest BCUT2D eigenvalue weighted by Crippen LogP contribution is 2.31. The number of hydrogen-bond donors (Lipinski definition) is 2. The fourth-order valence-electron chi connectivity index (χ4n) is 2.80. The van der Waals surface area contributed by atoms with E-state index in [1.54, 1.807) is 6.92 Å². The Balaban J connectivity index is 2.37. The first-order valence-electron chi connectivity index (χ1n) is 8.55. The van der Waals surface area contributed by atoms with Crippen LogP contribution in [0.5, 0.6) is 0 Å². The topological polar surface area (TPSA) is 89.3 Å². The molecule has 0 spiro atoms. The van der Waals surface area contributed by atoms with Gasteiger partial charge >= 0.3 is 6.18 Å². The zero-order valence-electron chi connectivity index (χ0n) is 15.4. The van der Waals surface area contributed by atoms with Gasteiger partial charge < -0.3 is 5.32 Å². The molecule has 5 nitrogen and oxygen atoms in total. The van der Waals surface area contributed by atoms with Crippen LogP contribution in [-0.2, 0) is 16.2 Å². The zero-order valence-corrected chi connectivity index (χ0v) is 16.2. The smallest absolute Gasteiger partial charge is 0.345 e. The molecule has 28 heavy (non-hydrogen) atoms. The van der Waals surface area contributed by atoms with Gasteiger partial charge in [0.1, 0.15) is 0 Å². The molecule has 0 aromatic heterocycles. The molecule has 0 aliphatic rings. The Morgan fingerprint density at radius 2 is 1.86 bits per heavy atom. The van der Waals surface area contributed by atoms with Crippen LogP contribution >= 0.6 is 0 Å². The Bertz CT molecular complexity index is 973. The number of halogens is 3. The second-order valence-corrected chi connectivity index (χ2v) is 8.02. The summed E-state index contributed by atoms with van der Waals surface area (Å²) >= 11 is 0. The Morgan fingerprint density at radius 1 is 1.18 bits per heavy atom. The van der Waals surface area contributed by atoms with E-state index in [-0.39, 0.29) is 10.5 Å². The van der Waals surface area contributed by atoms with E-state index in [1.165, 1.54) is 24.3 Å².